The first-order valence-electron chi connectivity index (χ1n) is 11.8. The first-order chi connectivity index (χ1) is 17.5. The van der Waals surface area contributed by atoms with E-state index in [1.54, 1.807) is 30.0 Å². The molecule has 0 aliphatic heterocycles. The molecule has 0 bridgehead atoms. The zero-order chi connectivity index (χ0) is 25.5. The van der Waals surface area contributed by atoms with Crippen LogP contribution in [0.3, 0.4) is 0 Å². The number of amides is 1. The average Bonchev–Trinajstić information content (AvgIpc) is 3.53. The number of hydrogen-bond acceptors (Lipinski definition) is 7. The predicted molar refractivity (Wildman–Crippen MR) is 137 cm³/mol. The van der Waals surface area contributed by atoms with Gasteiger partial charge < -0.3 is 29.1 Å². The molecule has 36 heavy (non-hydrogen) atoms. The molecule has 3 aromatic heterocycles. The van der Waals surface area contributed by atoms with Gasteiger partial charge in [0.2, 0.25) is 0 Å². The molecule has 1 amide bonds. The van der Waals surface area contributed by atoms with Crippen LogP contribution in [-0.2, 0) is 22.4 Å². The van der Waals surface area contributed by atoms with Gasteiger partial charge in [0.25, 0.3) is 5.91 Å². The molecule has 0 radical (unpaired) electrons. The zero-order valence-corrected chi connectivity index (χ0v) is 20.6. The maximum absolute atomic E-state index is 12.9. The Bertz CT molecular complexity index is 1320. The third-order valence-electron chi connectivity index (χ3n) is 5.90. The van der Waals surface area contributed by atoms with Crippen molar-refractivity contribution in [2.75, 3.05) is 31.5 Å². The Balaban J connectivity index is 1.68. The maximum atomic E-state index is 12.9. The van der Waals surface area contributed by atoms with Gasteiger partial charge in [-0.1, -0.05) is 30.3 Å². The van der Waals surface area contributed by atoms with Crippen molar-refractivity contribution in [1.29, 1.82) is 0 Å². The molecular weight excluding hydrogens is 460 g/mol. The number of nitrogens with zero attached hydrogens (tertiary/aromatic N) is 2. The summed E-state index contributed by atoms with van der Waals surface area (Å²) in [4.78, 5) is 30.3. The predicted octanol–water partition coefficient (Wildman–Crippen LogP) is 4.75. The lowest BCUT2D eigenvalue weighted by Gasteiger charge is -2.15. The van der Waals surface area contributed by atoms with E-state index >= 15 is 0 Å². The van der Waals surface area contributed by atoms with Crippen LogP contribution in [0.25, 0.3) is 11.0 Å². The molecule has 4 aromatic rings. The molecule has 9 nitrogen and oxygen atoms in total. The van der Waals surface area contributed by atoms with Crippen LogP contribution in [0.4, 0.5) is 11.4 Å². The quantitative estimate of drug-likeness (QED) is 0.292. The fourth-order valence-electron chi connectivity index (χ4n) is 4.11. The van der Waals surface area contributed by atoms with Gasteiger partial charge in [-0.3, -0.25) is 4.79 Å². The number of aryl methyl sites for hydroxylation is 1. The minimum atomic E-state index is -0.593. The number of fused-ring (bicyclic) bond motifs is 1. The monoisotopic (exact) mass is 490 g/mol. The summed E-state index contributed by atoms with van der Waals surface area (Å²) in [6, 6.07) is 15.5. The maximum Gasteiger partial charge on any atom is 0.356 e. The topological polar surface area (TPSA) is 108 Å². The molecule has 0 spiro atoms. The van der Waals surface area contributed by atoms with Gasteiger partial charge in [0, 0.05) is 25.1 Å². The van der Waals surface area contributed by atoms with Crippen molar-refractivity contribution in [2.45, 2.75) is 32.4 Å². The lowest BCUT2D eigenvalue weighted by molar-refractivity contribution is 0.0588. The number of furan rings is 1. The Hall–Kier alpha value is -4.11. The number of pyridine rings is 1. The highest BCUT2D eigenvalue weighted by Gasteiger charge is 2.27. The van der Waals surface area contributed by atoms with Gasteiger partial charge in [0.15, 0.2) is 11.5 Å². The number of carbonyl (C=O) groups excluding carboxylic acids is 2. The molecule has 0 saturated heterocycles. The molecule has 4 rings (SSSR count). The van der Waals surface area contributed by atoms with Gasteiger partial charge in [0.05, 0.1) is 37.6 Å². The Morgan fingerprint density at radius 2 is 1.94 bits per heavy atom. The summed E-state index contributed by atoms with van der Waals surface area (Å²) in [6.07, 6.45) is 5.00. The molecule has 0 aliphatic rings. The van der Waals surface area contributed by atoms with E-state index in [0.29, 0.717) is 29.9 Å². The van der Waals surface area contributed by atoms with Crippen LogP contribution >= 0.6 is 0 Å². The number of hydrogen-bond donors (Lipinski definition) is 2. The SMILES string of the molecule is COCCn1c(C(=O)OC)c(NC(=O)c2ccco2)c2cc(N[C@H](C)CCc3ccccc3)cnc21. The molecule has 1 atom stereocenters. The molecule has 9 heteroatoms. The van der Waals surface area contributed by atoms with Gasteiger partial charge in [0.1, 0.15) is 5.65 Å². The molecule has 0 saturated carbocycles. The van der Waals surface area contributed by atoms with E-state index in [-0.39, 0.29) is 17.5 Å². The van der Waals surface area contributed by atoms with Crippen molar-refractivity contribution in [3.05, 3.63) is 78.0 Å². The van der Waals surface area contributed by atoms with E-state index in [1.807, 2.05) is 24.3 Å². The third-order valence-corrected chi connectivity index (χ3v) is 5.90. The van der Waals surface area contributed by atoms with Gasteiger partial charge in [-0.25, -0.2) is 9.78 Å². The van der Waals surface area contributed by atoms with Crippen molar-refractivity contribution in [3.8, 4) is 0 Å². The summed E-state index contributed by atoms with van der Waals surface area (Å²) >= 11 is 0. The second-order valence-electron chi connectivity index (χ2n) is 8.46. The first kappa shape index (κ1) is 25.0. The Morgan fingerprint density at radius 1 is 1.14 bits per heavy atom. The standard InChI is InChI=1S/C27H30N4O5/c1-18(11-12-19-8-5-4-6-9-19)29-20-16-21-23(30-26(32)22-10-7-14-36-22)24(27(33)35-3)31(13-15-34-2)25(21)28-17-20/h4-10,14,16-18,29H,11-13,15H2,1-3H3,(H,30,32)/t18-/m1/s1. The van der Waals surface area contributed by atoms with Gasteiger partial charge in [-0.05, 0) is 43.5 Å². The van der Waals surface area contributed by atoms with E-state index in [2.05, 4.69) is 34.7 Å². The second-order valence-corrected chi connectivity index (χ2v) is 8.46. The largest absolute Gasteiger partial charge is 0.464 e. The van der Waals surface area contributed by atoms with Crippen LogP contribution in [0.15, 0.2) is 65.4 Å². The Kier molecular flexibility index (Phi) is 8.02. The van der Waals surface area contributed by atoms with Gasteiger partial charge in [-0.15, -0.1) is 0 Å². The molecule has 3 heterocycles. The minimum absolute atomic E-state index is 0.125. The average molecular weight is 491 g/mol. The van der Waals surface area contributed by atoms with Crippen LogP contribution in [-0.4, -0.2) is 48.3 Å². The molecule has 0 aliphatic carbocycles. The number of nitrogens with one attached hydrogen (secondary N) is 2. The highest BCUT2D eigenvalue weighted by atomic mass is 16.5. The Labute approximate surface area is 209 Å². The molecule has 2 N–H and O–H groups in total. The lowest BCUT2D eigenvalue weighted by atomic mass is 10.1. The number of rotatable bonds is 11. The summed E-state index contributed by atoms with van der Waals surface area (Å²) in [7, 11) is 2.88. The van der Waals surface area contributed by atoms with E-state index < -0.39 is 11.9 Å². The van der Waals surface area contributed by atoms with E-state index in [9.17, 15) is 9.59 Å². The highest BCUT2D eigenvalue weighted by Crippen LogP contribution is 2.33. The smallest absolute Gasteiger partial charge is 0.356 e. The van der Waals surface area contributed by atoms with Crippen molar-refractivity contribution in [1.82, 2.24) is 9.55 Å². The van der Waals surface area contributed by atoms with Crippen molar-refractivity contribution in [3.63, 3.8) is 0 Å². The summed E-state index contributed by atoms with van der Waals surface area (Å²) in [5, 5.41) is 6.92. The summed E-state index contributed by atoms with van der Waals surface area (Å²) in [6.45, 7) is 2.80. The number of ether oxygens (including phenoxy) is 2. The van der Waals surface area contributed by atoms with Crippen molar-refractivity contribution >= 4 is 34.3 Å². The fourth-order valence-corrected chi connectivity index (χ4v) is 4.11. The molecule has 188 valence electrons. The number of anilines is 2. The zero-order valence-electron chi connectivity index (χ0n) is 20.6. The first-order valence-corrected chi connectivity index (χ1v) is 11.8. The number of esters is 1. The highest BCUT2D eigenvalue weighted by molar-refractivity contribution is 6.14. The van der Waals surface area contributed by atoms with E-state index in [0.717, 1.165) is 18.5 Å². The molecular formula is C27H30N4O5. The molecule has 0 unspecified atom stereocenters. The van der Waals surface area contributed by atoms with E-state index in [1.165, 1.54) is 18.9 Å². The van der Waals surface area contributed by atoms with Crippen LogP contribution in [0, 0.1) is 0 Å². The summed E-state index contributed by atoms with van der Waals surface area (Å²) in [5.74, 6) is -0.949. The second kappa shape index (κ2) is 11.5. The molecule has 0 fully saturated rings. The minimum Gasteiger partial charge on any atom is -0.464 e. The van der Waals surface area contributed by atoms with Crippen LogP contribution < -0.4 is 10.6 Å². The number of methoxy groups -OCH3 is 2. The number of carbonyl (C=O) groups is 2. The lowest BCUT2D eigenvalue weighted by Crippen LogP contribution is -2.18. The summed E-state index contributed by atoms with van der Waals surface area (Å²) in [5.41, 5.74) is 3.08. The fraction of sp³-hybridized carbons (Fsp3) is 0.296. The summed E-state index contributed by atoms with van der Waals surface area (Å²) < 4.78 is 17.2. The normalized spacial score (nSPS) is 11.9. The van der Waals surface area contributed by atoms with Gasteiger partial charge >= 0.3 is 5.97 Å². The molecule has 1 aromatic carbocycles. The number of benzene rings is 1. The van der Waals surface area contributed by atoms with Crippen molar-refractivity contribution < 1.29 is 23.5 Å². The van der Waals surface area contributed by atoms with Crippen LogP contribution in [0.5, 0.6) is 0 Å². The van der Waals surface area contributed by atoms with Gasteiger partial charge in [-0.2, -0.15) is 0 Å². The third kappa shape index (κ3) is 5.58. The Morgan fingerprint density at radius 3 is 2.64 bits per heavy atom. The number of aromatic nitrogens is 2. The van der Waals surface area contributed by atoms with Crippen LogP contribution in [0.2, 0.25) is 0 Å². The van der Waals surface area contributed by atoms with Crippen molar-refractivity contribution in [2.24, 2.45) is 0 Å². The van der Waals surface area contributed by atoms with E-state index in [4.69, 9.17) is 13.9 Å². The van der Waals surface area contributed by atoms with Crippen LogP contribution in [0.1, 0.15) is 40.0 Å².